The van der Waals surface area contributed by atoms with Gasteiger partial charge in [-0.25, -0.2) is 4.98 Å². The Bertz CT molecular complexity index is 1400. The van der Waals surface area contributed by atoms with E-state index in [4.69, 9.17) is 9.72 Å². The number of hydrogen-bond acceptors (Lipinski definition) is 4. The Labute approximate surface area is 200 Å². The van der Waals surface area contributed by atoms with E-state index in [1.54, 1.807) is 7.11 Å². The molecule has 0 aliphatic carbocycles. The summed E-state index contributed by atoms with van der Waals surface area (Å²) in [6.45, 7) is 8.12. The van der Waals surface area contributed by atoms with Crippen LogP contribution in [0.2, 0.25) is 0 Å². The van der Waals surface area contributed by atoms with Crippen molar-refractivity contribution in [3.8, 4) is 17.6 Å². The number of methoxy groups -OCH3 is 1. The topological polar surface area (TPSA) is 69.0 Å². The molecule has 0 saturated carbocycles. The van der Waals surface area contributed by atoms with Crippen molar-refractivity contribution in [1.82, 2.24) is 14.5 Å². The van der Waals surface area contributed by atoms with Crippen LogP contribution >= 0.6 is 0 Å². The van der Waals surface area contributed by atoms with E-state index in [2.05, 4.69) is 38.8 Å². The number of benzene rings is 2. The molecular formula is C28H28N4O2. The maximum atomic E-state index is 12.5. The van der Waals surface area contributed by atoms with Gasteiger partial charge >= 0.3 is 0 Å². The molecule has 6 nitrogen and oxygen atoms in total. The number of rotatable bonds is 4. The fourth-order valence-corrected chi connectivity index (χ4v) is 3.54. The molecule has 0 fully saturated rings. The van der Waals surface area contributed by atoms with Crippen LogP contribution in [0.4, 0.5) is 5.95 Å². The molecule has 172 valence electrons. The third-order valence-corrected chi connectivity index (χ3v) is 5.41. The normalized spacial score (nSPS) is 11.1. The van der Waals surface area contributed by atoms with Crippen molar-refractivity contribution < 1.29 is 9.53 Å². The molecule has 4 aromatic rings. The minimum Gasteiger partial charge on any atom is -0.497 e. The molecule has 0 bridgehead atoms. The Balaban J connectivity index is 1.81. The van der Waals surface area contributed by atoms with Crippen LogP contribution in [0.25, 0.3) is 11.0 Å². The van der Waals surface area contributed by atoms with Crippen LogP contribution in [-0.2, 0) is 11.3 Å². The van der Waals surface area contributed by atoms with Crippen LogP contribution in [0, 0.1) is 24.2 Å². The summed E-state index contributed by atoms with van der Waals surface area (Å²) in [5.41, 5.74) is 3.77. The Morgan fingerprint density at radius 3 is 2.53 bits per heavy atom. The predicted octanol–water partition coefficient (Wildman–Crippen LogP) is 5.18. The zero-order valence-corrected chi connectivity index (χ0v) is 20.1. The second-order valence-corrected chi connectivity index (χ2v) is 9.17. The third-order valence-electron chi connectivity index (χ3n) is 5.41. The van der Waals surface area contributed by atoms with Gasteiger partial charge in [0.1, 0.15) is 11.4 Å². The monoisotopic (exact) mass is 452 g/mol. The molecule has 1 N–H and O–H groups in total. The molecule has 2 heterocycles. The third kappa shape index (κ3) is 5.10. The van der Waals surface area contributed by atoms with Crippen LogP contribution in [0.15, 0.2) is 60.8 Å². The molecule has 0 radical (unpaired) electrons. The first-order chi connectivity index (χ1) is 16.2. The van der Waals surface area contributed by atoms with Crippen LogP contribution < -0.4 is 10.1 Å². The summed E-state index contributed by atoms with van der Waals surface area (Å²) in [4.78, 5) is 21.8. The van der Waals surface area contributed by atoms with Gasteiger partial charge in [0.2, 0.25) is 11.9 Å². The summed E-state index contributed by atoms with van der Waals surface area (Å²) < 4.78 is 7.37. The molecule has 2 aromatic carbocycles. The standard InChI is InChI=1S/C28H28N4O2/c1-19-24-22(15-14-20-12-9-13-23(16-20)34-5)18-32(17-21-10-7-6-8-11-21)25(24)30-27(29-19)31-26(33)28(2,3)4/h6-13,16,18H,17H2,1-5H3,(H,29,30,31,33). The van der Waals surface area contributed by atoms with Gasteiger partial charge in [0, 0.05) is 23.7 Å². The molecule has 0 spiro atoms. The largest absolute Gasteiger partial charge is 0.497 e. The second-order valence-electron chi connectivity index (χ2n) is 9.17. The summed E-state index contributed by atoms with van der Waals surface area (Å²) in [6.07, 6.45) is 2.00. The number of carbonyl (C=O) groups is 1. The summed E-state index contributed by atoms with van der Waals surface area (Å²) in [5.74, 6) is 7.45. The lowest BCUT2D eigenvalue weighted by molar-refractivity contribution is -0.123. The fourth-order valence-electron chi connectivity index (χ4n) is 3.54. The van der Waals surface area contributed by atoms with Crippen molar-refractivity contribution in [1.29, 1.82) is 0 Å². The van der Waals surface area contributed by atoms with Gasteiger partial charge in [-0.1, -0.05) is 69.0 Å². The van der Waals surface area contributed by atoms with E-state index in [0.29, 0.717) is 12.5 Å². The highest BCUT2D eigenvalue weighted by molar-refractivity contribution is 5.94. The van der Waals surface area contributed by atoms with Crippen molar-refractivity contribution in [3.63, 3.8) is 0 Å². The van der Waals surface area contributed by atoms with E-state index in [1.807, 2.05) is 76.4 Å². The molecule has 0 atom stereocenters. The van der Waals surface area contributed by atoms with Gasteiger partial charge < -0.3 is 9.30 Å². The zero-order valence-electron chi connectivity index (χ0n) is 20.1. The average molecular weight is 453 g/mol. The molecule has 2 aromatic heterocycles. The minimum absolute atomic E-state index is 0.134. The smallest absolute Gasteiger partial charge is 0.232 e. The lowest BCUT2D eigenvalue weighted by atomic mass is 9.96. The van der Waals surface area contributed by atoms with Crippen molar-refractivity contribution in [3.05, 3.63) is 83.2 Å². The number of hydrogen-bond donors (Lipinski definition) is 1. The number of nitrogens with one attached hydrogen (secondary N) is 1. The first-order valence-electron chi connectivity index (χ1n) is 11.1. The molecule has 0 aliphatic heterocycles. The SMILES string of the molecule is COc1cccc(C#Cc2cn(Cc3ccccc3)c3nc(NC(=O)C(C)(C)C)nc(C)c23)c1. The Morgan fingerprint density at radius 1 is 1.06 bits per heavy atom. The molecule has 0 saturated heterocycles. The Morgan fingerprint density at radius 2 is 1.82 bits per heavy atom. The Kier molecular flexibility index (Phi) is 6.38. The molecule has 0 aliphatic rings. The van der Waals surface area contributed by atoms with Crippen LogP contribution in [-0.4, -0.2) is 27.6 Å². The number of carbonyl (C=O) groups excluding carboxylic acids is 1. The quantitative estimate of drug-likeness (QED) is 0.433. The van der Waals surface area contributed by atoms with E-state index >= 15 is 0 Å². The highest BCUT2D eigenvalue weighted by Crippen LogP contribution is 2.25. The maximum absolute atomic E-state index is 12.5. The summed E-state index contributed by atoms with van der Waals surface area (Å²) >= 11 is 0. The number of fused-ring (bicyclic) bond motifs is 1. The highest BCUT2D eigenvalue weighted by atomic mass is 16.5. The Hall–Kier alpha value is -4.11. The molecular weight excluding hydrogens is 424 g/mol. The van der Waals surface area contributed by atoms with Crippen molar-refractivity contribution in [2.75, 3.05) is 12.4 Å². The van der Waals surface area contributed by atoms with E-state index in [-0.39, 0.29) is 5.91 Å². The lowest BCUT2D eigenvalue weighted by Crippen LogP contribution is -2.28. The number of anilines is 1. The predicted molar refractivity (Wildman–Crippen MR) is 135 cm³/mol. The van der Waals surface area contributed by atoms with E-state index in [1.165, 1.54) is 0 Å². The van der Waals surface area contributed by atoms with Gasteiger partial charge in [-0.15, -0.1) is 0 Å². The van der Waals surface area contributed by atoms with Crippen molar-refractivity contribution >= 4 is 22.9 Å². The first-order valence-corrected chi connectivity index (χ1v) is 11.1. The number of ether oxygens (including phenoxy) is 1. The van der Waals surface area contributed by atoms with Crippen LogP contribution in [0.1, 0.15) is 43.2 Å². The molecule has 0 unspecified atom stereocenters. The van der Waals surface area contributed by atoms with Gasteiger partial charge in [0.05, 0.1) is 23.8 Å². The maximum Gasteiger partial charge on any atom is 0.232 e. The second kappa shape index (κ2) is 9.40. The summed E-state index contributed by atoms with van der Waals surface area (Å²) in [7, 11) is 1.64. The van der Waals surface area contributed by atoms with Gasteiger partial charge in [0.15, 0.2) is 0 Å². The van der Waals surface area contributed by atoms with Gasteiger partial charge in [-0.2, -0.15) is 4.98 Å². The van der Waals surface area contributed by atoms with E-state index in [0.717, 1.165) is 39.2 Å². The van der Waals surface area contributed by atoms with Crippen LogP contribution in [0.5, 0.6) is 5.75 Å². The van der Waals surface area contributed by atoms with E-state index < -0.39 is 5.41 Å². The fraction of sp³-hybridized carbons (Fsp3) is 0.250. The number of nitrogens with zero attached hydrogens (tertiary/aromatic N) is 3. The number of aromatic nitrogens is 3. The van der Waals surface area contributed by atoms with Gasteiger partial charge in [-0.05, 0) is 30.7 Å². The van der Waals surface area contributed by atoms with Crippen molar-refractivity contribution in [2.45, 2.75) is 34.2 Å². The molecule has 4 rings (SSSR count). The lowest BCUT2D eigenvalue weighted by Gasteiger charge is -2.17. The minimum atomic E-state index is -0.550. The average Bonchev–Trinajstić information content (AvgIpc) is 3.15. The number of amides is 1. The zero-order chi connectivity index (χ0) is 24.3. The molecule has 6 heteroatoms. The highest BCUT2D eigenvalue weighted by Gasteiger charge is 2.23. The summed E-state index contributed by atoms with van der Waals surface area (Å²) in [5, 5.41) is 3.74. The van der Waals surface area contributed by atoms with E-state index in [9.17, 15) is 4.79 Å². The number of aryl methyl sites for hydroxylation is 1. The van der Waals surface area contributed by atoms with Gasteiger partial charge in [-0.3, -0.25) is 10.1 Å². The molecule has 1 amide bonds. The first kappa shape index (κ1) is 23.1. The summed E-state index contributed by atoms with van der Waals surface area (Å²) in [6, 6.07) is 17.8. The van der Waals surface area contributed by atoms with Gasteiger partial charge in [0.25, 0.3) is 0 Å². The van der Waals surface area contributed by atoms with Crippen molar-refractivity contribution in [2.24, 2.45) is 5.41 Å². The molecule has 34 heavy (non-hydrogen) atoms. The van der Waals surface area contributed by atoms with Crippen LogP contribution in [0.3, 0.4) is 0 Å².